The minimum atomic E-state index is -2.38. The Bertz CT molecular complexity index is 1030. The minimum absolute atomic E-state index is 0.0826. The number of ether oxygens (including phenoxy) is 1. The van der Waals surface area contributed by atoms with Crippen LogP contribution in [0, 0.1) is 0 Å². The maximum atomic E-state index is 11.5. The molecule has 0 saturated heterocycles. The summed E-state index contributed by atoms with van der Waals surface area (Å²) >= 11 is 1.02. The fourth-order valence-corrected chi connectivity index (χ4v) is 3.61. The van der Waals surface area contributed by atoms with Crippen LogP contribution in [-0.2, 0) is 16.1 Å². The topological polar surface area (TPSA) is 112 Å². The Balaban J connectivity index is 2.00. The van der Waals surface area contributed by atoms with Gasteiger partial charge in [0.2, 0.25) is 11.5 Å². The number of aromatic hydroxyl groups is 1. The summed E-state index contributed by atoms with van der Waals surface area (Å²) < 4.78 is 34.5. The third-order valence-corrected chi connectivity index (χ3v) is 5.34. The summed E-state index contributed by atoms with van der Waals surface area (Å²) in [6.45, 7) is 1.36. The second-order valence-electron chi connectivity index (χ2n) is 6.01. The highest BCUT2D eigenvalue weighted by molar-refractivity contribution is 9.09. The number of rotatable bonds is 7. The summed E-state index contributed by atoms with van der Waals surface area (Å²) in [6.07, 6.45) is 0.312. The van der Waals surface area contributed by atoms with Crippen molar-refractivity contribution >= 4 is 43.9 Å². The molecule has 0 fully saturated rings. The van der Waals surface area contributed by atoms with Crippen LogP contribution in [-0.4, -0.2) is 26.4 Å². The zero-order chi connectivity index (χ0) is 20.3. The van der Waals surface area contributed by atoms with Gasteiger partial charge in [-0.25, -0.2) is 4.72 Å². The van der Waals surface area contributed by atoms with Gasteiger partial charge in [-0.3, -0.25) is 9.00 Å². The van der Waals surface area contributed by atoms with E-state index in [1.165, 1.54) is 6.92 Å². The van der Waals surface area contributed by atoms with Gasteiger partial charge in [0, 0.05) is 30.3 Å². The van der Waals surface area contributed by atoms with Crippen molar-refractivity contribution in [3.05, 3.63) is 48.2 Å². The molecule has 3 rings (SSSR count). The van der Waals surface area contributed by atoms with Crippen LogP contribution < -0.4 is 9.46 Å². The van der Waals surface area contributed by atoms with E-state index in [0.717, 1.165) is 10.8 Å². The van der Waals surface area contributed by atoms with E-state index in [-0.39, 0.29) is 29.6 Å². The number of carbonyl (C=O) groups is 1. The fourth-order valence-electron chi connectivity index (χ4n) is 2.80. The van der Waals surface area contributed by atoms with Gasteiger partial charge < -0.3 is 18.8 Å². The normalized spacial score (nSPS) is 13.4. The molecule has 28 heavy (non-hydrogen) atoms. The molecule has 7 nitrogen and oxygen atoms in total. The zero-order valence-corrected chi connectivity index (χ0v) is 17.2. The Kier molecular flexibility index (Phi) is 6.50. The van der Waals surface area contributed by atoms with E-state index < -0.39 is 22.1 Å². The van der Waals surface area contributed by atoms with Crippen LogP contribution in [0.3, 0.4) is 0 Å². The van der Waals surface area contributed by atoms with Crippen molar-refractivity contribution < 1.29 is 27.8 Å². The highest BCUT2D eigenvalue weighted by Gasteiger charge is 2.28. The second-order valence-corrected chi connectivity index (χ2v) is 7.88. The van der Waals surface area contributed by atoms with Crippen LogP contribution >= 0.6 is 15.9 Å². The molecule has 2 atom stereocenters. The van der Waals surface area contributed by atoms with Crippen molar-refractivity contribution in [2.45, 2.75) is 18.2 Å². The predicted octanol–water partition coefficient (Wildman–Crippen LogP) is 3.94. The molecule has 0 radical (unpaired) electrons. The first-order chi connectivity index (χ1) is 13.4. The maximum absolute atomic E-state index is 11.5. The molecule has 0 aliphatic heterocycles. The molecule has 0 spiro atoms. The molecular formula is C19H17BrNO6S-. The lowest BCUT2D eigenvalue weighted by molar-refractivity contribution is -0.132. The Morgan fingerprint density at radius 1 is 1.32 bits per heavy atom. The van der Waals surface area contributed by atoms with Crippen LogP contribution in [0.2, 0.25) is 0 Å². The van der Waals surface area contributed by atoms with Gasteiger partial charge in [-0.2, -0.15) is 0 Å². The largest absolute Gasteiger partial charge is 0.760 e. The average Bonchev–Trinajstić information content (AvgIpc) is 2.97. The number of esters is 1. The number of fused-ring (bicyclic) bond motifs is 1. The van der Waals surface area contributed by atoms with Crippen molar-refractivity contribution in [1.29, 1.82) is 0 Å². The lowest BCUT2D eigenvalue weighted by atomic mass is 10.1. The second kappa shape index (κ2) is 8.87. The third-order valence-electron chi connectivity index (χ3n) is 4.03. The van der Waals surface area contributed by atoms with E-state index >= 15 is 0 Å². The number of alkyl halides is 1. The number of nitrogens with one attached hydrogen (secondary N) is 1. The molecule has 1 aromatic heterocycles. The van der Waals surface area contributed by atoms with Crippen LogP contribution in [0.1, 0.15) is 23.9 Å². The van der Waals surface area contributed by atoms with Gasteiger partial charge in [0.25, 0.3) is 0 Å². The predicted molar refractivity (Wildman–Crippen MR) is 108 cm³/mol. The van der Waals surface area contributed by atoms with Gasteiger partial charge in [0.15, 0.2) is 11.5 Å². The van der Waals surface area contributed by atoms with E-state index in [9.17, 15) is 18.7 Å². The molecule has 0 aliphatic rings. The smallest absolute Gasteiger partial charge is 0.308 e. The van der Waals surface area contributed by atoms with Crippen molar-refractivity contribution in [2.75, 3.05) is 6.54 Å². The number of benzene rings is 2. The monoisotopic (exact) mass is 466 g/mol. The summed E-state index contributed by atoms with van der Waals surface area (Å²) in [5, 5.41) is 12.6. The van der Waals surface area contributed by atoms with Crippen molar-refractivity contribution in [2.24, 2.45) is 0 Å². The standard InChI is InChI=1S/C19H18BrNO6S/c1-11(22)26-19-16(23)17(27-18(19)15(20)8-9-21-28(24)25)14-7-6-12-4-2-3-5-13(12)10-14/h2-7,10,15,21,23H,8-9H2,1H3,(H,24,25)/p-1. The van der Waals surface area contributed by atoms with Crippen molar-refractivity contribution in [3.63, 3.8) is 0 Å². The quantitative estimate of drug-likeness (QED) is 0.309. The van der Waals surface area contributed by atoms with Crippen LogP contribution in [0.5, 0.6) is 11.5 Å². The first-order valence-corrected chi connectivity index (χ1v) is 10.4. The fraction of sp³-hybridized carbons (Fsp3) is 0.211. The van der Waals surface area contributed by atoms with Crippen LogP contribution in [0.15, 0.2) is 46.9 Å². The molecule has 2 N–H and O–H groups in total. The highest BCUT2D eigenvalue weighted by atomic mass is 79.9. The van der Waals surface area contributed by atoms with Gasteiger partial charge in [-0.1, -0.05) is 52.3 Å². The summed E-state index contributed by atoms with van der Waals surface area (Å²) in [5.74, 6) is -0.608. The lowest BCUT2D eigenvalue weighted by Gasteiger charge is -2.11. The molecule has 2 aromatic carbocycles. The van der Waals surface area contributed by atoms with Crippen LogP contribution in [0.4, 0.5) is 0 Å². The number of halogens is 1. The first kappa shape index (κ1) is 20.5. The molecule has 148 valence electrons. The van der Waals surface area contributed by atoms with Crippen LogP contribution in [0.25, 0.3) is 22.1 Å². The molecule has 0 aliphatic carbocycles. The molecule has 0 amide bonds. The van der Waals surface area contributed by atoms with E-state index in [0.29, 0.717) is 12.0 Å². The average molecular weight is 467 g/mol. The number of hydrogen-bond acceptors (Lipinski definition) is 6. The Morgan fingerprint density at radius 3 is 2.71 bits per heavy atom. The maximum Gasteiger partial charge on any atom is 0.308 e. The molecule has 2 unspecified atom stereocenters. The zero-order valence-electron chi connectivity index (χ0n) is 14.8. The number of hydrogen-bond donors (Lipinski definition) is 2. The molecule has 9 heteroatoms. The Morgan fingerprint density at radius 2 is 2.04 bits per heavy atom. The highest BCUT2D eigenvalue weighted by Crippen LogP contribution is 2.48. The molecule has 3 aromatic rings. The molecular weight excluding hydrogens is 450 g/mol. The Labute approximate surface area is 172 Å². The van der Waals surface area contributed by atoms with Gasteiger partial charge in [-0.05, 0) is 23.3 Å². The third kappa shape index (κ3) is 4.61. The minimum Gasteiger partial charge on any atom is -0.760 e. The Hall–Kier alpha value is -2.20. The van der Waals surface area contributed by atoms with E-state index in [2.05, 4.69) is 20.7 Å². The number of furan rings is 1. The van der Waals surface area contributed by atoms with Crippen molar-refractivity contribution in [1.82, 2.24) is 4.72 Å². The lowest BCUT2D eigenvalue weighted by Crippen LogP contribution is -2.18. The molecule has 1 heterocycles. The van der Waals surface area contributed by atoms with Gasteiger partial charge in [-0.15, -0.1) is 0 Å². The van der Waals surface area contributed by atoms with Gasteiger partial charge in [0.1, 0.15) is 0 Å². The summed E-state index contributed by atoms with van der Waals surface area (Å²) in [6, 6.07) is 13.3. The molecule has 0 bridgehead atoms. The van der Waals surface area contributed by atoms with Gasteiger partial charge >= 0.3 is 5.97 Å². The van der Waals surface area contributed by atoms with Crippen molar-refractivity contribution in [3.8, 4) is 22.8 Å². The first-order valence-electron chi connectivity index (χ1n) is 8.37. The SMILES string of the molecule is CC(=O)Oc1c(C(Br)CCNS(=O)[O-])oc(-c2ccc3ccccc3c2)c1O. The van der Waals surface area contributed by atoms with E-state index in [4.69, 9.17) is 9.15 Å². The van der Waals surface area contributed by atoms with E-state index in [1.54, 1.807) is 6.07 Å². The molecule has 0 saturated carbocycles. The summed E-state index contributed by atoms with van der Waals surface area (Å²) in [4.78, 5) is 11.0. The summed E-state index contributed by atoms with van der Waals surface area (Å²) in [5.41, 5.74) is 0.620. The van der Waals surface area contributed by atoms with Gasteiger partial charge in [0.05, 0.1) is 4.83 Å². The number of carbonyl (C=O) groups excluding carboxylic acids is 1. The van der Waals surface area contributed by atoms with E-state index in [1.807, 2.05) is 36.4 Å². The summed E-state index contributed by atoms with van der Waals surface area (Å²) in [7, 11) is 0.